The normalized spacial score (nSPS) is 12.5. The zero-order chi connectivity index (χ0) is 11.5. The molecular formula is C12H26N2O. The summed E-state index contributed by atoms with van der Waals surface area (Å²) in [5.74, 6) is 0.127. The van der Waals surface area contributed by atoms with Gasteiger partial charge in [0.1, 0.15) is 0 Å². The maximum atomic E-state index is 11.5. The van der Waals surface area contributed by atoms with Crippen molar-refractivity contribution < 1.29 is 4.79 Å². The minimum atomic E-state index is -0.0572. The van der Waals surface area contributed by atoms with Crippen LogP contribution >= 0.6 is 0 Å². The summed E-state index contributed by atoms with van der Waals surface area (Å²) in [6.45, 7) is 7.98. The van der Waals surface area contributed by atoms with Crippen LogP contribution in [0.15, 0.2) is 0 Å². The standard InChI is InChI=1S/C12H26N2O/c1-4-6-8-10-14-12(15)11(3)13-9-7-5-2/h11,13H,4-10H2,1-3H3,(H,14,15). The summed E-state index contributed by atoms with van der Waals surface area (Å²) in [5.41, 5.74) is 0. The molecule has 2 N–H and O–H groups in total. The third-order valence-electron chi connectivity index (χ3n) is 2.45. The highest BCUT2D eigenvalue weighted by molar-refractivity contribution is 5.81. The first kappa shape index (κ1) is 14.4. The molecule has 1 atom stereocenters. The fourth-order valence-electron chi connectivity index (χ4n) is 1.33. The molecule has 0 fully saturated rings. The van der Waals surface area contributed by atoms with Crippen molar-refractivity contribution in [3.63, 3.8) is 0 Å². The van der Waals surface area contributed by atoms with Crippen molar-refractivity contribution >= 4 is 5.91 Å². The van der Waals surface area contributed by atoms with E-state index in [9.17, 15) is 4.79 Å². The van der Waals surface area contributed by atoms with Crippen LogP contribution in [0.1, 0.15) is 52.9 Å². The van der Waals surface area contributed by atoms with Gasteiger partial charge < -0.3 is 10.6 Å². The van der Waals surface area contributed by atoms with Crippen LogP contribution in [0.3, 0.4) is 0 Å². The second kappa shape index (κ2) is 9.97. The molecule has 0 saturated carbocycles. The average molecular weight is 214 g/mol. The van der Waals surface area contributed by atoms with Gasteiger partial charge in [-0.15, -0.1) is 0 Å². The average Bonchev–Trinajstić information content (AvgIpc) is 2.24. The van der Waals surface area contributed by atoms with E-state index in [0.717, 1.165) is 32.4 Å². The van der Waals surface area contributed by atoms with E-state index in [0.29, 0.717) is 0 Å². The number of rotatable bonds is 9. The minimum Gasteiger partial charge on any atom is -0.355 e. The summed E-state index contributed by atoms with van der Waals surface area (Å²) in [6.07, 6.45) is 5.77. The molecule has 0 radical (unpaired) electrons. The summed E-state index contributed by atoms with van der Waals surface area (Å²) in [6, 6.07) is -0.0572. The van der Waals surface area contributed by atoms with Gasteiger partial charge in [-0.3, -0.25) is 4.79 Å². The summed E-state index contributed by atoms with van der Waals surface area (Å²) in [4.78, 5) is 11.5. The molecule has 1 unspecified atom stereocenters. The Morgan fingerprint density at radius 1 is 1.07 bits per heavy atom. The van der Waals surface area contributed by atoms with Crippen molar-refractivity contribution in [2.75, 3.05) is 13.1 Å². The Hall–Kier alpha value is -0.570. The predicted molar refractivity (Wildman–Crippen MR) is 64.9 cm³/mol. The molecule has 1 amide bonds. The van der Waals surface area contributed by atoms with E-state index in [1.165, 1.54) is 12.8 Å². The second-order valence-corrected chi connectivity index (χ2v) is 4.03. The number of carbonyl (C=O) groups is 1. The second-order valence-electron chi connectivity index (χ2n) is 4.03. The third kappa shape index (κ3) is 8.43. The molecule has 0 aliphatic heterocycles. The van der Waals surface area contributed by atoms with E-state index >= 15 is 0 Å². The van der Waals surface area contributed by atoms with Crippen LogP contribution in [0, 0.1) is 0 Å². The Bertz CT molecular complexity index is 160. The van der Waals surface area contributed by atoms with Crippen LogP contribution < -0.4 is 10.6 Å². The van der Waals surface area contributed by atoms with Gasteiger partial charge in [0.2, 0.25) is 5.91 Å². The van der Waals surface area contributed by atoms with E-state index in [1.54, 1.807) is 0 Å². The van der Waals surface area contributed by atoms with Crippen LogP contribution in [0.2, 0.25) is 0 Å². The summed E-state index contributed by atoms with van der Waals surface area (Å²) >= 11 is 0. The minimum absolute atomic E-state index is 0.0572. The molecule has 0 spiro atoms. The molecule has 15 heavy (non-hydrogen) atoms. The molecule has 0 saturated heterocycles. The number of hydrogen-bond donors (Lipinski definition) is 2. The zero-order valence-electron chi connectivity index (χ0n) is 10.4. The monoisotopic (exact) mass is 214 g/mol. The summed E-state index contributed by atoms with van der Waals surface area (Å²) < 4.78 is 0. The van der Waals surface area contributed by atoms with Crippen LogP contribution in [0.5, 0.6) is 0 Å². The summed E-state index contributed by atoms with van der Waals surface area (Å²) in [7, 11) is 0. The van der Waals surface area contributed by atoms with Crippen LogP contribution in [-0.2, 0) is 4.79 Å². The van der Waals surface area contributed by atoms with Gasteiger partial charge in [0.05, 0.1) is 6.04 Å². The van der Waals surface area contributed by atoms with E-state index in [2.05, 4.69) is 24.5 Å². The van der Waals surface area contributed by atoms with Crippen molar-refractivity contribution in [1.82, 2.24) is 10.6 Å². The molecule has 0 aliphatic rings. The molecule has 0 aromatic heterocycles. The van der Waals surface area contributed by atoms with Gasteiger partial charge in [-0.25, -0.2) is 0 Å². The van der Waals surface area contributed by atoms with E-state index < -0.39 is 0 Å². The lowest BCUT2D eigenvalue weighted by Gasteiger charge is -2.13. The van der Waals surface area contributed by atoms with E-state index in [4.69, 9.17) is 0 Å². The van der Waals surface area contributed by atoms with Gasteiger partial charge in [-0.2, -0.15) is 0 Å². The molecule has 0 bridgehead atoms. The number of unbranched alkanes of at least 4 members (excludes halogenated alkanes) is 3. The van der Waals surface area contributed by atoms with Gasteiger partial charge in [0.25, 0.3) is 0 Å². The van der Waals surface area contributed by atoms with Crippen molar-refractivity contribution in [1.29, 1.82) is 0 Å². The van der Waals surface area contributed by atoms with Crippen molar-refractivity contribution in [2.45, 2.75) is 58.9 Å². The predicted octanol–water partition coefficient (Wildman–Crippen LogP) is 2.07. The maximum Gasteiger partial charge on any atom is 0.236 e. The number of hydrogen-bond acceptors (Lipinski definition) is 2. The molecule has 3 heteroatoms. The largest absolute Gasteiger partial charge is 0.355 e. The number of nitrogens with one attached hydrogen (secondary N) is 2. The number of carbonyl (C=O) groups excluding carboxylic acids is 1. The van der Waals surface area contributed by atoms with Crippen molar-refractivity contribution in [3.05, 3.63) is 0 Å². The summed E-state index contributed by atoms with van der Waals surface area (Å²) in [5, 5.41) is 6.15. The van der Waals surface area contributed by atoms with Crippen LogP contribution in [0.25, 0.3) is 0 Å². The lowest BCUT2D eigenvalue weighted by molar-refractivity contribution is -0.122. The van der Waals surface area contributed by atoms with Gasteiger partial charge >= 0.3 is 0 Å². The van der Waals surface area contributed by atoms with Crippen molar-refractivity contribution in [3.8, 4) is 0 Å². The molecule has 90 valence electrons. The molecule has 0 heterocycles. The van der Waals surface area contributed by atoms with Gasteiger partial charge in [-0.1, -0.05) is 33.1 Å². The topological polar surface area (TPSA) is 41.1 Å². The smallest absolute Gasteiger partial charge is 0.236 e. The Kier molecular flexibility index (Phi) is 9.59. The van der Waals surface area contributed by atoms with Gasteiger partial charge in [0, 0.05) is 6.54 Å². The number of amides is 1. The fraction of sp³-hybridized carbons (Fsp3) is 0.917. The Morgan fingerprint density at radius 2 is 1.73 bits per heavy atom. The molecular weight excluding hydrogens is 188 g/mol. The Labute approximate surface area is 94.0 Å². The maximum absolute atomic E-state index is 11.5. The highest BCUT2D eigenvalue weighted by atomic mass is 16.2. The Balaban J connectivity index is 3.42. The van der Waals surface area contributed by atoms with Crippen LogP contribution in [0.4, 0.5) is 0 Å². The lowest BCUT2D eigenvalue weighted by Crippen LogP contribution is -2.42. The third-order valence-corrected chi connectivity index (χ3v) is 2.45. The van der Waals surface area contributed by atoms with Gasteiger partial charge in [-0.05, 0) is 26.3 Å². The SMILES string of the molecule is CCCCCNC(=O)C(C)NCCCC. The molecule has 3 nitrogen and oxygen atoms in total. The first-order valence-electron chi connectivity index (χ1n) is 6.23. The first-order valence-corrected chi connectivity index (χ1v) is 6.23. The van der Waals surface area contributed by atoms with E-state index in [-0.39, 0.29) is 11.9 Å². The highest BCUT2D eigenvalue weighted by Crippen LogP contribution is 1.92. The zero-order valence-corrected chi connectivity index (χ0v) is 10.4. The van der Waals surface area contributed by atoms with Crippen LogP contribution in [-0.4, -0.2) is 25.0 Å². The fourth-order valence-corrected chi connectivity index (χ4v) is 1.33. The van der Waals surface area contributed by atoms with E-state index in [1.807, 2.05) is 6.92 Å². The molecule has 0 aromatic carbocycles. The highest BCUT2D eigenvalue weighted by Gasteiger charge is 2.09. The molecule has 0 aliphatic carbocycles. The quantitative estimate of drug-likeness (QED) is 0.577. The lowest BCUT2D eigenvalue weighted by atomic mass is 10.2. The Morgan fingerprint density at radius 3 is 2.33 bits per heavy atom. The first-order chi connectivity index (χ1) is 7.22. The van der Waals surface area contributed by atoms with Gasteiger partial charge in [0.15, 0.2) is 0 Å². The van der Waals surface area contributed by atoms with Crippen molar-refractivity contribution in [2.24, 2.45) is 0 Å². The molecule has 0 aromatic rings. The molecule has 0 rings (SSSR count).